The Morgan fingerprint density at radius 1 is 1.06 bits per heavy atom. The highest BCUT2D eigenvalue weighted by atomic mass is 35.5. The Kier molecular flexibility index (Phi) is 13.0. The highest BCUT2D eigenvalue weighted by Crippen LogP contribution is 2.35. The van der Waals surface area contributed by atoms with E-state index in [4.69, 9.17) is 25.8 Å². The maximum atomic E-state index is 12.9. The van der Waals surface area contributed by atoms with Gasteiger partial charge >= 0.3 is 18.2 Å². The first-order valence-electron chi connectivity index (χ1n) is 12.4. The number of unbranched alkanes of at least 4 members (excludes halogenated alkanes) is 1. The van der Waals surface area contributed by atoms with Crippen molar-refractivity contribution in [2.75, 3.05) is 17.3 Å². The van der Waals surface area contributed by atoms with E-state index in [1.54, 1.807) is 47.6 Å². The molecule has 0 spiro atoms. The molecule has 1 atom stereocenters. The van der Waals surface area contributed by atoms with E-state index in [0.29, 0.717) is 28.1 Å². The van der Waals surface area contributed by atoms with Crippen LogP contribution in [-0.2, 0) is 19.0 Å². The molecule has 0 saturated carbocycles. The van der Waals surface area contributed by atoms with Crippen molar-refractivity contribution < 1.29 is 28.6 Å². The topological polar surface area (TPSA) is 95.0 Å². The van der Waals surface area contributed by atoms with E-state index in [0.717, 1.165) is 25.7 Å². The first-order chi connectivity index (χ1) is 16.7. The van der Waals surface area contributed by atoms with Gasteiger partial charge in [0.05, 0.1) is 18.1 Å². The monoisotopic (exact) mass is 544 g/mol. The molecule has 0 fully saturated rings. The smallest absolute Gasteiger partial charge is 0.425 e. The maximum absolute atomic E-state index is 12.9. The highest BCUT2D eigenvalue weighted by Gasteiger charge is 2.35. The van der Waals surface area contributed by atoms with Crippen LogP contribution in [0.5, 0.6) is 0 Å². The lowest BCUT2D eigenvalue weighted by Crippen LogP contribution is -2.44. The van der Waals surface area contributed by atoms with Crippen molar-refractivity contribution in [2.45, 2.75) is 104 Å². The number of hydrogen-bond acceptors (Lipinski definition) is 8. The van der Waals surface area contributed by atoms with Gasteiger partial charge in [0.15, 0.2) is 5.82 Å². The molecule has 1 heterocycles. The summed E-state index contributed by atoms with van der Waals surface area (Å²) in [4.78, 5) is 43.4. The summed E-state index contributed by atoms with van der Waals surface area (Å²) in [7, 11) is 0. The fourth-order valence-corrected chi connectivity index (χ4v) is 4.19. The molecule has 1 aromatic rings. The van der Waals surface area contributed by atoms with Crippen LogP contribution in [0.1, 0.15) is 87.5 Å². The Morgan fingerprint density at radius 3 is 2.14 bits per heavy atom. The molecular weight excluding hydrogens is 504 g/mol. The summed E-state index contributed by atoms with van der Waals surface area (Å²) in [6, 6.07) is 1.65. The number of hydrogen-bond donors (Lipinski definition) is 0. The number of carbonyl (C=O) groups is 3. The first-order valence-corrected chi connectivity index (χ1v) is 13.7. The Bertz CT molecular complexity index is 854. The minimum absolute atomic E-state index is 0.0817. The summed E-state index contributed by atoms with van der Waals surface area (Å²) in [5.74, 6) is 0.416. The average molecular weight is 545 g/mol. The molecule has 8 nitrogen and oxygen atoms in total. The van der Waals surface area contributed by atoms with Crippen LogP contribution in [0.25, 0.3) is 0 Å². The number of amides is 2. The van der Waals surface area contributed by atoms with E-state index in [2.05, 4.69) is 18.8 Å². The average Bonchev–Trinajstić information content (AvgIpc) is 2.73. The zero-order valence-corrected chi connectivity index (χ0v) is 24.4. The van der Waals surface area contributed by atoms with Crippen LogP contribution in [0.15, 0.2) is 17.2 Å². The predicted octanol–water partition coefficient (Wildman–Crippen LogP) is 7.65. The first kappa shape index (κ1) is 32.0. The van der Waals surface area contributed by atoms with Crippen LogP contribution in [0.3, 0.4) is 0 Å². The molecule has 0 aromatic carbocycles. The van der Waals surface area contributed by atoms with Gasteiger partial charge in [-0.2, -0.15) is 4.90 Å². The highest BCUT2D eigenvalue weighted by molar-refractivity contribution is 7.99. The molecule has 1 unspecified atom stereocenters. The van der Waals surface area contributed by atoms with Crippen molar-refractivity contribution in [1.82, 2.24) is 4.98 Å². The van der Waals surface area contributed by atoms with E-state index in [1.807, 2.05) is 0 Å². The second-order valence-corrected chi connectivity index (χ2v) is 12.0. The van der Waals surface area contributed by atoms with Gasteiger partial charge < -0.3 is 14.2 Å². The number of pyridine rings is 1. The van der Waals surface area contributed by atoms with Crippen molar-refractivity contribution in [1.29, 1.82) is 0 Å². The summed E-state index contributed by atoms with van der Waals surface area (Å²) in [6.07, 6.45) is 4.00. The molecule has 204 valence electrons. The number of halogens is 1. The molecule has 0 aliphatic heterocycles. The van der Waals surface area contributed by atoms with Gasteiger partial charge in [0.2, 0.25) is 0 Å². The fraction of sp³-hybridized carbons (Fsp3) is 0.692. The van der Waals surface area contributed by atoms with E-state index < -0.39 is 23.4 Å². The summed E-state index contributed by atoms with van der Waals surface area (Å²) in [5, 5.41) is 0.0817. The van der Waals surface area contributed by atoms with E-state index >= 15 is 0 Å². The van der Waals surface area contributed by atoms with Gasteiger partial charge in [0.1, 0.15) is 11.2 Å². The number of rotatable bonds is 11. The van der Waals surface area contributed by atoms with Crippen molar-refractivity contribution in [2.24, 2.45) is 5.92 Å². The number of aromatic nitrogens is 1. The van der Waals surface area contributed by atoms with Gasteiger partial charge in [0, 0.05) is 16.8 Å². The molecule has 1 aromatic heterocycles. The molecule has 0 aliphatic rings. The van der Waals surface area contributed by atoms with Gasteiger partial charge in [-0.1, -0.05) is 44.7 Å². The number of nitrogens with zero attached hydrogens (tertiary/aromatic N) is 2. The van der Waals surface area contributed by atoms with Crippen LogP contribution < -0.4 is 4.90 Å². The molecule has 0 N–H and O–H groups in total. The van der Waals surface area contributed by atoms with E-state index in [1.165, 1.54) is 18.0 Å². The number of anilines is 1. The molecule has 0 bridgehead atoms. The Labute approximate surface area is 224 Å². The van der Waals surface area contributed by atoms with Crippen LogP contribution in [0.2, 0.25) is 5.02 Å². The lowest BCUT2D eigenvalue weighted by molar-refractivity contribution is -0.144. The normalized spacial score (nSPS) is 12.6. The van der Waals surface area contributed by atoms with Crippen LogP contribution in [-0.4, -0.2) is 46.7 Å². The minimum atomic E-state index is -0.953. The largest absolute Gasteiger partial charge is 0.465 e. The summed E-state index contributed by atoms with van der Waals surface area (Å²) in [5.41, 5.74) is -1.71. The number of esters is 1. The number of carbonyl (C=O) groups excluding carboxylic acids is 3. The summed E-state index contributed by atoms with van der Waals surface area (Å²) >= 11 is 7.87. The van der Waals surface area contributed by atoms with Crippen molar-refractivity contribution in [3.63, 3.8) is 0 Å². The third-order valence-electron chi connectivity index (χ3n) is 4.79. The Balaban J connectivity index is 2.94. The number of thioether (sulfide) groups is 1. The van der Waals surface area contributed by atoms with Gasteiger partial charge in [-0.05, 0) is 59.9 Å². The number of ether oxygens (including phenoxy) is 3. The standard InChI is InChI=1S/C26H41ClN2O6S/c1-9-11-12-18(10-2)17-33-20(30)14-16-36-19-13-15-28-22(21(19)27)29(23(31)34-25(3,4)5)24(32)35-26(6,7)8/h13,15,18H,9-12,14,16-17H2,1-8H3. The van der Waals surface area contributed by atoms with Gasteiger partial charge in [-0.3, -0.25) is 4.79 Å². The second-order valence-electron chi connectivity index (χ2n) is 10.4. The third kappa shape index (κ3) is 11.8. The number of imide groups is 1. The molecule has 0 radical (unpaired) electrons. The van der Waals surface area contributed by atoms with Crippen molar-refractivity contribution in [3.05, 3.63) is 17.3 Å². The van der Waals surface area contributed by atoms with E-state index in [9.17, 15) is 14.4 Å². The zero-order valence-electron chi connectivity index (χ0n) is 22.8. The van der Waals surface area contributed by atoms with Gasteiger partial charge in [0.25, 0.3) is 0 Å². The fourth-order valence-electron chi connectivity index (χ4n) is 2.97. The minimum Gasteiger partial charge on any atom is -0.465 e. The SMILES string of the molecule is CCCCC(CC)COC(=O)CCSc1ccnc(N(C(=O)OC(C)(C)C)C(=O)OC(C)(C)C)c1Cl. The van der Waals surface area contributed by atoms with Crippen molar-refractivity contribution in [3.8, 4) is 0 Å². The van der Waals surface area contributed by atoms with Crippen LogP contribution in [0, 0.1) is 5.92 Å². The summed E-state index contributed by atoms with van der Waals surface area (Å²) < 4.78 is 16.2. The Morgan fingerprint density at radius 2 is 1.64 bits per heavy atom. The molecule has 1 rings (SSSR count). The maximum Gasteiger partial charge on any atom is 0.425 e. The third-order valence-corrected chi connectivity index (χ3v) is 6.33. The molecule has 0 aliphatic carbocycles. The van der Waals surface area contributed by atoms with Crippen LogP contribution in [0.4, 0.5) is 15.4 Å². The van der Waals surface area contributed by atoms with Gasteiger partial charge in [-0.25, -0.2) is 14.6 Å². The predicted molar refractivity (Wildman–Crippen MR) is 144 cm³/mol. The van der Waals surface area contributed by atoms with Gasteiger partial charge in [-0.15, -0.1) is 11.8 Å². The van der Waals surface area contributed by atoms with Crippen molar-refractivity contribution >= 4 is 47.3 Å². The molecule has 10 heteroatoms. The second kappa shape index (κ2) is 14.7. The lowest BCUT2D eigenvalue weighted by Gasteiger charge is -2.28. The molecule has 0 saturated heterocycles. The van der Waals surface area contributed by atoms with Crippen LogP contribution >= 0.6 is 23.4 Å². The molecular formula is C26H41ClN2O6S. The quantitative estimate of drug-likeness (QED) is 0.159. The van der Waals surface area contributed by atoms with E-state index in [-0.39, 0.29) is 23.2 Å². The Hall–Kier alpha value is -2.00. The summed E-state index contributed by atoms with van der Waals surface area (Å²) in [6.45, 7) is 14.8. The zero-order chi connectivity index (χ0) is 27.5. The molecule has 36 heavy (non-hydrogen) atoms. The molecule has 2 amide bonds. The lowest BCUT2D eigenvalue weighted by atomic mass is 10.0.